The SMILES string of the molecule is COc1ccc(C(O)c2c(C)ccnc2N)c(Cl)c1OC. The number of pyridine rings is 1. The maximum absolute atomic E-state index is 10.6. The van der Waals surface area contributed by atoms with E-state index in [0.29, 0.717) is 22.6 Å². The van der Waals surface area contributed by atoms with Crippen LogP contribution in [0.15, 0.2) is 24.4 Å². The maximum Gasteiger partial charge on any atom is 0.179 e. The molecule has 1 aromatic heterocycles. The fraction of sp³-hybridized carbons (Fsp3) is 0.267. The second kappa shape index (κ2) is 6.20. The van der Waals surface area contributed by atoms with Crippen LogP contribution in [-0.4, -0.2) is 24.3 Å². The number of hydrogen-bond donors (Lipinski definition) is 2. The van der Waals surface area contributed by atoms with Gasteiger partial charge in [0.2, 0.25) is 0 Å². The zero-order chi connectivity index (χ0) is 15.6. The highest BCUT2D eigenvalue weighted by Crippen LogP contribution is 2.42. The minimum Gasteiger partial charge on any atom is -0.493 e. The van der Waals surface area contributed by atoms with Crippen LogP contribution in [0.3, 0.4) is 0 Å². The Hall–Kier alpha value is -1.98. The summed E-state index contributed by atoms with van der Waals surface area (Å²) in [6.45, 7) is 1.85. The van der Waals surface area contributed by atoms with Crippen molar-refractivity contribution in [2.45, 2.75) is 13.0 Å². The van der Waals surface area contributed by atoms with Gasteiger partial charge in [-0.05, 0) is 24.6 Å². The molecule has 0 aliphatic rings. The zero-order valence-corrected chi connectivity index (χ0v) is 12.8. The molecule has 1 atom stereocenters. The van der Waals surface area contributed by atoms with Crippen molar-refractivity contribution in [1.82, 2.24) is 4.98 Å². The second-order valence-corrected chi connectivity index (χ2v) is 4.91. The Morgan fingerprint density at radius 1 is 1.24 bits per heavy atom. The molecule has 0 bridgehead atoms. The molecule has 0 saturated heterocycles. The Bertz CT molecular complexity index is 641. The van der Waals surface area contributed by atoms with Gasteiger partial charge in [-0.15, -0.1) is 0 Å². The van der Waals surface area contributed by atoms with Crippen LogP contribution in [0.5, 0.6) is 11.5 Å². The van der Waals surface area contributed by atoms with Gasteiger partial charge >= 0.3 is 0 Å². The molecule has 0 radical (unpaired) electrons. The van der Waals surface area contributed by atoms with Crippen LogP contribution in [0.1, 0.15) is 22.8 Å². The summed E-state index contributed by atoms with van der Waals surface area (Å²) in [5.41, 5.74) is 7.72. The molecule has 0 saturated carbocycles. The number of aliphatic hydroxyl groups excluding tert-OH is 1. The van der Waals surface area contributed by atoms with Crippen molar-refractivity contribution >= 4 is 17.4 Å². The third kappa shape index (κ3) is 2.75. The van der Waals surface area contributed by atoms with Gasteiger partial charge in [-0.3, -0.25) is 0 Å². The van der Waals surface area contributed by atoms with E-state index in [1.54, 1.807) is 24.4 Å². The number of aryl methyl sites for hydroxylation is 1. The fourth-order valence-corrected chi connectivity index (χ4v) is 2.55. The zero-order valence-electron chi connectivity index (χ0n) is 12.1. The lowest BCUT2D eigenvalue weighted by Gasteiger charge is -2.19. The predicted molar refractivity (Wildman–Crippen MR) is 82.0 cm³/mol. The molecule has 112 valence electrons. The van der Waals surface area contributed by atoms with E-state index in [4.69, 9.17) is 26.8 Å². The third-order valence-electron chi connectivity index (χ3n) is 3.32. The van der Waals surface area contributed by atoms with Crippen molar-refractivity contribution in [3.8, 4) is 11.5 Å². The molecular formula is C15H17ClN2O3. The van der Waals surface area contributed by atoms with Gasteiger partial charge in [0, 0.05) is 17.3 Å². The molecule has 2 rings (SSSR count). The monoisotopic (exact) mass is 308 g/mol. The number of methoxy groups -OCH3 is 2. The highest BCUT2D eigenvalue weighted by molar-refractivity contribution is 6.33. The fourth-order valence-electron chi connectivity index (χ4n) is 2.22. The van der Waals surface area contributed by atoms with Crippen LogP contribution in [-0.2, 0) is 0 Å². The average Bonchev–Trinajstić information content (AvgIpc) is 2.46. The molecule has 2 aromatic rings. The number of ether oxygens (including phenoxy) is 2. The number of rotatable bonds is 4. The normalized spacial score (nSPS) is 12.0. The van der Waals surface area contributed by atoms with Crippen molar-refractivity contribution in [3.05, 3.63) is 46.1 Å². The summed E-state index contributed by atoms with van der Waals surface area (Å²) in [4.78, 5) is 4.01. The number of nitrogen functional groups attached to an aromatic ring is 1. The number of benzene rings is 1. The van der Waals surface area contributed by atoms with Crippen molar-refractivity contribution in [1.29, 1.82) is 0 Å². The first-order chi connectivity index (χ1) is 10.0. The maximum atomic E-state index is 10.6. The van der Waals surface area contributed by atoms with Crippen molar-refractivity contribution in [3.63, 3.8) is 0 Å². The lowest BCUT2D eigenvalue weighted by Crippen LogP contribution is -2.09. The molecule has 0 fully saturated rings. The summed E-state index contributed by atoms with van der Waals surface area (Å²) < 4.78 is 10.4. The Morgan fingerprint density at radius 3 is 2.52 bits per heavy atom. The second-order valence-electron chi connectivity index (χ2n) is 4.53. The molecule has 6 heteroatoms. The molecule has 5 nitrogen and oxygen atoms in total. The molecule has 0 aliphatic carbocycles. The van der Waals surface area contributed by atoms with Crippen LogP contribution in [0.2, 0.25) is 5.02 Å². The predicted octanol–water partition coefficient (Wildman–Crippen LogP) is 2.72. The third-order valence-corrected chi connectivity index (χ3v) is 3.71. The first-order valence-electron chi connectivity index (χ1n) is 6.30. The van der Waals surface area contributed by atoms with Crippen molar-refractivity contribution in [2.24, 2.45) is 0 Å². The summed E-state index contributed by atoms with van der Waals surface area (Å²) >= 11 is 6.32. The van der Waals surface area contributed by atoms with Crippen LogP contribution in [0.4, 0.5) is 5.82 Å². The summed E-state index contributed by atoms with van der Waals surface area (Å²) in [5.74, 6) is 1.14. The molecule has 21 heavy (non-hydrogen) atoms. The molecule has 0 amide bonds. The summed E-state index contributed by atoms with van der Waals surface area (Å²) in [6, 6.07) is 5.15. The van der Waals surface area contributed by atoms with Gasteiger partial charge in [0.15, 0.2) is 11.5 Å². The number of aromatic nitrogens is 1. The largest absolute Gasteiger partial charge is 0.493 e. The van der Waals surface area contributed by atoms with Gasteiger partial charge < -0.3 is 20.3 Å². The molecule has 1 aromatic carbocycles. The minimum atomic E-state index is -0.994. The van der Waals surface area contributed by atoms with Gasteiger partial charge in [0.1, 0.15) is 11.9 Å². The van der Waals surface area contributed by atoms with Crippen LogP contribution in [0, 0.1) is 6.92 Å². The lowest BCUT2D eigenvalue weighted by molar-refractivity contribution is 0.219. The molecule has 0 spiro atoms. The van der Waals surface area contributed by atoms with E-state index < -0.39 is 6.10 Å². The van der Waals surface area contributed by atoms with Gasteiger partial charge in [-0.25, -0.2) is 4.98 Å². The van der Waals surface area contributed by atoms with E-state index in [1.165, 1.54) is 14.2 Å². The van der Waals surface area contributed by atoms with Crippen LogP contribution in [0.25, 0.3) is 0 Å². The Kier molecular flexibility index (Phi) is 4.55. The summed E-state index contributed by atoms with van der Waals surface area (Å²) in [6.07, 6.45) is 0.600. The Morgan fingerprint density at radius 2 is 1.95 bits per heavy atom. The van der Waals surface area contributed by atoms with Crippen LogP contribution < -0.4 is 15.2 Å². The van der Waals surface area contributed by atoms with E-state index >= 15 is 0 Å². The number of nitrogens with two attached hydrogens (primary N) is 1. The quantitative estimate of drug-likeness (QED) is 0.908. The standard InChI is InChI=1S/C15H17ClN2O3/c1-8-6-7-18-15(17)11(8)13(19)9-4-5-10(20-2)14(21-3)12(9)16/h4-7,13,19H,1-3H3,(H2,17,18). The molecular weight excluding hydrogens is 292 g/mol. The Balaban J connectivity index is 2.57. The minimum absolute atomic E-state index is 0.272. The van der Waals surface area contributed by atoms with Crippen LogP contribution >= 0.6 is 11.6 Å². The number of hydrogen-bond acceptors (Lipinski definition) is 5. The smallest absolute Gasteiger partial charge is 0.179 e. The highest BCUT2D eigenvalue weighted by Gasteiger charge is 2.23. The van der Waals surface area contributed by atoms with E-state index in [1.807, 2.05) is 6.92 Å². The summed E-state index contributed by atoms with van der Waals surface area (Å²) in [5, 5.41) is 10.9. The number of halogens is 1. The molecule has 0 aliphatic heterocycles. The Labute approximate surface area is 128 Å². The molecule has 3 N–H and O–H groups in total. The lowest BCUT2D eigenvalue weighted by atomic mass is 9.98. The number of nitrogens with zero attached hydrogens (tertiary/aromatic N) is 1. The topological polar surface area (TPSA) is 77.6 Å². The number of aliphatic hydroxyl groups is 1. The van der Waals surface area contributed by atoms with Gasteiger partial charge in [0.25, 0.3) is 0 Å². The first kappa shape index (κ1) is 15.4. The van der Waals surface area contributed by atoms with Gasteiger partial charge in [0.05, 0.1) is 19.2 Å². The van der Waals surface area contributed by atoms with E-state index in [-0.39, 0.29) is 10.8 Å². The first-order valence-corrected chi connectivity index (χ1v) is 6.68. The van der Waals surface area contributed by atoms with Gasteiger partial charge in [-0.1, -0.05) is 17.7 Å². The van der Waals surface area contributed by atoms with E-state index in [2.05, 4.69) is 4.98 Å². The van der Waals surface area contributed by atoms with E-state index in [9.17, 15) is 5.11 Å². The van der Waals surface area contributed by atoms with Crippen molar-refractivity contribution < 1.29 is 14.6 Å². The highest BCUT2D eigenvalue weighted by atomic mass is 35.5. The molecule has 1 heterocycles. The van der Waals surface area contributed by atoms with Gasteiger partial charge in [-0.2, -0.15) is 0 Å². The summed E-state index contributed by atoms with van der Waals surface area (Å²) in [7, 11) is 3.01. The van der Waals surface area contributed by atoms with E-state index in [0.717, 1.165) is 5.56 Å². The average molecular weight is 309 g/mol. The number of anilines is 1. The van der Waals surface area contributed by atoms with Crippen molar-refractivity contribution in [2.75, 3.05) is 20.0 Å². The molecule has 1 unspecified atom stereocenters.